The zero-order valence-electron chi connectivity index (χ0n) is 6.74. The fourth-order valence-electron chi connectivity index (χ4n) is 0.711. The summed E-state index contributed by atoms with van der Waals surface area (Å²) in [6, 6.07) is 0. The molecule has 0 aromatic carbocycles. The minimum atomic E-state index is -0.919. The van der Waals surface area contributed by atoms with Crippen molar-refractivity contribution in [3.63, 3.8) is 0 Å². The largest absolute Gasteiger partial charge is 0.477 e. The van der Waals surface area contributed by atoms with Gasteiger partial charge in [-0.3, -0.25) is 0 Å². The summed E-state index contributed by atoms with van der Waals surface area (Å²) in [5, 5.41) is 10.2. The van der Waals surface area contributed by atoms with E-state index in [0.29, 0.717) is 0 Å². The lowest BCUT2D eigenvalue weighted by atomic mass is 10.4. The molecule has 0 saturated heterocycles. The zero-order valence-corrected chi connectivity index (χ0v) is 9.14. The van der Waals surface area contributed by atoms with Crippen LogP contribution in [0, 0.1) is 0 Å². The first-order valence-electron chi connectivity index (χ1n) is 3.65. The predicted octanol–water partition coefficient (Wildman–Crippen LogP) is 2.64. The van der Waals surface area contributed by atoms with E-state index in [1.165, 1.54) is 17.5 Å². The van der Waals surface area contributed by atoms with Crippen LogP contribution in [0.1, 0.15) is 21.1 Å². The zero-order chi connectivity index (χ0) is 9.68. The van der Waals surface area contributed by atoms with Crippen molar-refractivity contribution in [3.05, 3.63) is 22.2 Å². The number of allylic oxidation sites excluding steroid dienone is 1. The maximum absolute atomic E-state index is 10.5. The van der Waals surface area contributed by atoms with E-state index in [2.05, 4.69) is 20.9 Å². The van der Waals surface area contributed by atoms with E-state index in [-0.39, 0.29) is 4.88 Å². The van der Waals surface area contributed by atoms with Crippen LogP contribution in [-0.4, -0.2) is 21.4 Å². The molecule has 1 N–H and O–H groups in total. The molecule has 5 heteroatoms. The molecule has 1 aromatic rings. The monoisotopic (exact) mass is 261 g/mol. The highest BCUT2D eigenvalue weighted by Crippen LogP contribution is 2.14. The number of aromatic nitrogens is 1. The standard InChI is InChI=1S/C8H8BrNO2S/c9-4-2-1-3-7-10-5-6(13-7)8(11)12/h1,3,5H,2,4H2,(H,11,12). The fraction of sp³-hybridized carbons (Fsp3) is 0.250. The quantitative estimate of drug-likeness (QED) is 0.848. The second kappa shape index (κ2) is 5.14. The number of carboxylic acid groups (broad SMARTS) is 1. The molecule has 1 heterocycles. The van der Waals surface area contributed by atoms with Gasteiger partial charge in [0.25, 0.3) is 0 Å². The molecule has 13 heavy (non-hydrogen) atoms. The molecule has 0 aliphatic carbocycles. The average molecular weight is 262 g/mol. The minimum Gasteiger partial charge on any atom is -0.477 e. The second-order valence-corrected chi connectivity index (χ2v) is 4.10. The van der Waals surface area contributed by atoms with Crippen LogP contribution >= 0.6 is 27.3 Å². The molecular formula is C8H8BrNO2S. The number of alkyl halides is 1. The molecule has 1 rings (SSSR count). The van der Waals surface area contributed by atoms with Gasteiger partial charge in [-0.1, -0.05) is 22.0 Å². The number of hydrogen-bond donors (Lipinski definition) is 1. The number of rotatable bonds is 4. The third kappa shape index (κ3) is 3.28. The molecule has 0 aliphatic rings. The highest BCUT2D eigenvalue weighted by atomic mass is 79.9. The van der Waals surface area contributed by atoms with Crippen molar-refractivity contribution < 1.29 is 9.90 Å². The normalized spacial score (nSPS) is 10.8. The topological polar surface area (TPSA) is 50.2 Å². The number of carbonyl (C=O) groups is 1. The van der Waals surface area contributed by atoms with Crippen molar-refractivity contribution >= 4 is 39.3 Å². The van der Waals surface area contributed by atoms with Crippen LogP contribution in [-0.2, 0) is 0 Å². The molecule has 0 saturated carbocycles. The molecular weight excluding hydrogens is 254 g/mol. The fourth-order valence-corrected chi connectivity index (χ4v) is 1.66. The summed E-state index contributed by atoms with van der Waals surface area (Å²) in [5.41, 5.74) is 0. The Balaban J connectivity index is 2.64. The number of aromatic carboxylic acids is 1. The van der Waals surface area contributed by atoms with Crippen LogP contribution in [0.15, 0.2) is 12.3 Å². The molecule has 1 aromatic heterocycles. The van der Waals surface area contributed by atoms with E-state index in [1.54, 1.807) is 0 Å². The van der Waals surface area contributed by atoms with Crippen molar-refractivity contribution in [1.29, 1.82) is 0 Å². The Bertz CT molecular complexity index is 322. The third-order valence-electron chi connectivity index (χ3n) is 1.27. The van der Waals surface area contributed by atoms with E-state index >= 15 is 0 Å². The summed E-state index contributed by atoms with van der Waals surface area (Å²) >= 11 is 4.47. The molecule has 0 atom stereocenters. The van der Waals surface area contributed by atoms with Crippen LogP contribution in [0.25, 0.3) is 6.08 Å². The van der Waals surface area contributed by atoms with Crippen molar-refractivity contribution in [3.8, 4) is 0 Å². The lowest BCUT2D eigenvalue weighted by Gasteiger charge is -1.82. The summed E-state index contributed by atoms with van der Waals surface area (Å²) < 4.78 is 0. The van der Waals surface area contributed by atoms with E-state index in [1.807, 2.05) is 12.2 Å². The van der Waals surface area contributed by atoms with Crippen molar-refractivity contribution in [2.45, 2.75) is 6.42 Å². The summed E-state index contributed by atoms with van der Waals surface area (Å²) in [6.45, 7) is 0. The van der Waals surface area contributed by atoms with Gasteiger partial charge in [0.15, 0.2) is 0 Å². The predicted molar refractivity (Wildman–Crippen MR) is 56.5 cm³/mol. The van der Waals surface area contributed by atoms with Crippen molar-refractivity contribution in [2.75, 3.05) is 5.33 Å². The smallest absolute Gasteiger partial charge is 0.347 e. The highest BCUT2D eigenvalue weighted by molar-refractivity contribution is 9.09. The Morgan fingerprint density at radius 1 is 1.77 bits per heavy atom. The summed E-state index contributed by atoms with van der Waals surface area (Å²) in [7, 11) is 0. The van der Waals surface area contributed by atoms with Crippen LogP contribution in [0.4, 0.5) is 0 Å². The van der Waals surface area contributed by atoms with E-state index < -0.39 is 5.97 Å². The van der Waals surface area contributed by atoms with Gasteiger partial charge < -0.3 is 5.11 Å². The number of carboxylic acids is 1. The first-order chi connectivity index (χ1) is 6.24. The Morgan fingerprint density at radius 2 is 2.54 bits per heavy atom. The summed E-state index contributed by atoms with van der Waals surface area (Å²) in [5.74, 6) is -0.919. The van der Waals surface area contributed by atoms with E-state index in [9.17, 15) is 4.79 Å². The molecule has 0 amide bonds. The molecule has 0 radical (unpaired) electrons. The number of thiazole rings is 1. The number of nitrogens with zero attached hydrogens (tertiary/aromatic N) is 1. The average Bonchev–Trinajstić information content (AvgIpc) is 2.53. The molecule has 3 nitrogen and oxygen atoms in total. The second-order valence-electron chi connectivity index (χ2n) is 2.25. The lowest BCUT2D eigenvalue weighted by molar-refractivity contribution is 0.0702. The number of hydrogen-bond acceptors (Lipinski definition) is 3. The van der Waals surface area contributed by atoms with Gasteiger partial charge in [-0.2, -0.15) is 0 Å². The summed E-state index contributed by atoms with van der Waals surface area (Å²) in [6.07, 6.45) is 6.08. The highest BCUT2D eigenvalue weighted by Gasteiger charge is 2.05. The molecule has 70 valence electrons. The SMILES string of the molecule is O=C(O)c1cnc(C=CCCBr)s1. The van der Waals surface area contributed by atoms with Gasteiger partial charge in [-0.05, 0) is 12.5 Å². The van der Waals surface area contributed by atoms with Crippen molar-refractivity contribution in [2.24, 2.45) is 0 Å². The Kier molecular flexibility index (Phi) is 4.11. The molecule has 0 aliphatic heterocycles. The molecule has 0 fully saturated rings. The lowest BCUT2D eigenvalue weighted by Crippen LogP contribution is -1.89. The third-order valence-corrected chi connectivity index (χ3v) is 2.68. The van der Waals surface area contributed by atoms with Gasteiger partial charge in [-0.15, -0.1) is 11.3 Å². The first kappa shape index (κ1) is 10.4. The number of halogens is 1. The summed E-state index contributed by atoms with van der Waals surface area (Å²) in [4.78, 5) is 14.7. The molecule has 0 unspecified atom stereocenters. The van der Waals surface area contributed by atoms with E-state index in [4.69, 9.17) is 5.11 Å². The molecule has 0 bridgehead atoms. The van der Waals surface area contributed by atoms with Gasteiger partial charge >= 0.3 is 5.97 Å². The van der Waals surface area contributed by atoms with Gasteiger partial charge in [-0.25, -0.2) is 9.78 Å². The Morgan fingerprint density at radius 3 is 3.08 bits per heavy atom. The van der Waals surface area contributed by atoms with E-state index in [0.717, 1.165) is 16.8 Å². The van der Waals surface area contributed by atoms with Crippen LogP contribution < -0.4 is 0 Å². The maximum atomic E-state index is 10.5. The van der Waals surface area contributed by atoms with Crippen LogP contribution in [0.5, 0.6) is 0 Å². The van der Waals surface area contributed by atoms with Crippen molar-refractivity contribution in [1.82, 2.24) is 4.98 Å². The first-order valence-corrected chi connectivity index (χ1v) is 5.59. The Labute approximate surface area is 88.2 Å². The Hall–Kier alpha value is -0.680. The molecule has 0 spiro atoms. The van der Waals surface area contributed by atoms with Gasteiger partial charge in [0.2, 0.25) is 0 Å². The van der Waals surface area contributed by atoms with Crippen LogP contribution in [0.3, 0.4) is 0 Å². The van der Waals surface area contributed by atoms with Gasteiger partial charge in [0.05, 0.1) is 6.20 Å². The maximum Gasteiger partial charge on any atom is 0.347 e. The van der Waals surface area contributed by atoms with Crippen LogP contribution in [0.2, 0.25) is 0 Å². The minimum absolute atomic E-state index is 0.276. The van der Waals surface area contributed by atoms with Gasteiger partial charge in [0, 0.05) is 5.33 Å². The van der Waals surface area contributed by atoms with Gasteiger partial charge in [0.1, 0.15) is 9.88 Å².